The van der Waals surface area contributed by atoms with Crippen molar-refractivity contribution in [3.63, 3.8) is 0 Å². The molecule has 0 spiro atoms. The van der Waals surface area contributed by atoms with Gasteiger partial charge in [-0.25, -0.2) is 9.59 Å². The summed E-state index contributed by atoms with van der Waals surface area (Å²) in [5, 5.41) is 36.1. The van der Waals surface area contributed by atoms with E-state index in [1.807, 2.05) is 61.5 Å². The van der Waals surface area contributed by atoms with Gasteiger partial charge in [-0.3, -0.25) is 24.1 Å². The van der Waals surface area contributed by atoms with Crippen LogP contribution in [0.3, 0.4) is 0 Å². The number of nitrogens with two attached hydrogens (primary N) is 2. The van der Waals surface area contributed by atoms with Gasteiger partial charge < -0.3 is 56.9 Å². The molecule has 5 atom stereocenters. The van der Waals surface area contributed by atoms with Crippen LogP contribution in [0, 0.1) is 17.3 Å². The maximum Gasteiger partial charge on any atom is 0.410 e. The highest BCUT2D eigenvalue weighted by Crippen LogP contribution is 2.31. The first kappa shape index (κ1) is 75.7. The quantitative estimate of drug-likeness (QED) is 0.0453. The van der Waals surface area contributed by atoms with Crippen LogP contribution < -0.4 is 32.2 Å². The summed E-state index contributed by atoms with van der Waals surface area (Å²) in [4.78, 5) is 71.9. The number of amides is 5. The first-order chi connectivity index (χ1) is 32.6. The van der Waals surface area contributed by atoms with Crippen LogP contribution in [0.25, 0.3) is 0 Å². The summed E-state index contributed by atoms with van der Waals surface area (Å²) in [6.45, 7) is 37.4. The topological polar surface area (TPSA) is 282 Å². The second-order valence-corrected chi connectivity index (χ2v) is 15.6. The predicted octanol–water partition coefficient (Wildman–Crippen LogP) is 8.16. The molecule has 1 fully saturated rings. The molecular weight excluding hydrogens is 889 g/mol. The van der Waals surface area contributed by atoms with E-state index in [1.165, 1.54) is 32.0 Å². The zero-order chi connectivity index (χ0) is 55.3. The number of primary amides is 1. The molecule has 5 amide bonds. The first-order valence-electron chi connectivity index (χ1n) is 24.9. The van der Waals surface area contributed by atoms with Crippen molar-refractivity contribution in [3.05, 3.63) is 36.4 Å². The van der Waals surface area contributed by atoms with E-state index in [4.69, 9.17) is 30.8 Å². The zero-order valence-electron chi connectivity index (χ0n) is 46.1. The first-order valence-corrected chi connectivity index (χ1v) is 24.9. The van der Waals surface area contributed by atoms with Crippen molar-refractivity contribution in [1.29, 1.82) is 0 Å². The van der Waals surface area contributed by atoms with E-state index >= 15 is 0 Å². The van der Waals surface area contributed by atoms with Crippen LogP contribution in [0.4, 0.5) is 10.5 Å². The molecule has 0 bridgehead atoms. The molecule has 0 aromatic heterocycles. The normalized spacial score (nSPS) is 15.0. The van der Waals surface area contributed by atoms with Gasteiger partial charge in [0.1, 0.15) is 18.4 Å². The molecule has 2 rings (SSSR count). The van der Waals surface area contributed by atoms with Crippen molar-refractivity contribution in [2.45, 2.75) is 194 Å². The van der Waals surface area contributed by atoms with E-state index in [-0.39, 0.29) is 68.8 Å². The summed E-state index contributed by atoms with van der Waals surface area (Å²) >= 11 is 0. The van der Waals surface area contributed by atoms with Gasteiger partial charge >= 0.3 is 12.1 Å². The van der Waals surface area contributed by atoms with Gasteiger partial charge in [0.05, 0.1) is 30.4 Å². The van der Waals surface area contributed by atoms with Gasteiger partial charge in [-0.1, -0.05) is 135 Å². The van der Waals surface area contributed by atoms with Gasteiger partial charge in [0, 0.05) is 39.4 Å². The van der Waals surface area contributed by atoms with Crippen LogP contribution in [-0.2, 0) is 40.1 Å². The average Bonchev–Trinajstić information content (AvgIpc) is 3.33. The third kappa shape index (κ3) is 37.8. The number of nitrogens with one attached hydrogen (secondary N) is 3. The van der Waals surface area contributed by atoms with Gasteiger partial charge in [-0.15, -0.1) is 6.58 Å². The fraction of sp³-hybridized carbons (Fsp3) is 0.725. The number of carboxylic acids is 1. The number of aliphatic carboxylic acids is 1. The number of unbranched alkanes of at least 4 members (excludes halogenated alkanes) is 1. The molecule has 1 aliphatic heterocycles. The standard InChI is InChI=1S/C25H37N5O10.C9H19NO2.C6H12.C3H8.4C2H6/c1-13(2)22(23(27)34)30(3)25(37)38-12-14-4-5-17(39-21-10-15(31)9-18(40-21)24(35)36)16(8-14)29-19(32)6-7-28-20(33)11-26;1-4-5-6-10-8(12)9(2,3)7-11;1-4-6(3)5-2;1-3-2;4*1-2/h4-5,8,13,15,18,21-22,31H,6-7,9-12,26H2,1-3H3,(H2,27,34)(H,28,33)(H,29,32)(H,35,36);11H,4-7H2,1-3H3,(H,10,12);4,6H,1,5H2,2-3H3;3H2,1-2H3;4*1-2H3. The molecule has 18 nitrogen and oxygen atoms in total. The Bertz CT molecular complexity index is 1500. The maximum atomic E-state index is 12.6. The second-order valence-electron chi connectivity index (χ2n) is 15.6. The second kappa shape index (κ2) is 48.3. The minimum absolute atomic E-state index is 0.00906. The lowest BCUT2D eigenvalue weighted by molar-refractivity contribution is -0.195. The number of aliphatic hydroxyl groups is 2. The SMILES string of the molecule is C=CC(C)CC.CC.CC.CC.CC.CC(C)C(C(N)=O)N(C)C(=O)OCc1ccc(OC2CC(O)CC(C(=O)O)O2)c(NC(=O)CCNC(=O)CN)c1.CCC.CCCCNC(=O)C(C)(C)CO. The Morgan fingerprint density at radius 3 is 1.90 bits per heavy atom. The molecule has 0 aliphatic carbocycles. The summed E-state index contributed by atoms with van der Waals surface area (Å²) in [7, 11) is 1.40. The Morgan fingerprint density at radius 2 is 1.48 bits per heavy atom. The van der Waals surface area contributed by atoms with Crippen molar-refractivity contribution >= 4 is 41.4 Å². The van der Waals surface area contributed by atoms with Gasteiger partial charge in [0.2, 0.25) is 29.9 Å². The molecule has 1 saturated heterocycles. The van der Waals surface area contributed by atoms with E-state index in [0.717, 1.165) is 17.7 Å². The van der Waals surface area contributed by atoms with Crippen molar-refractivity contribution in [2.24, 2.45) is 28.7 Å². The summed E-state index contributed by atoms with van der Waals surface area (Å²) in [5.74, 6) is -2.37. The van der Waals surface area contributed by atoms with Crippen molar-refractivity contribution in [2.75, 3.05) is 38.6 Å². The zero-order valence-corrected chi connectivity index (χ0v) is 46.1. The van der Waals surface area contributed by atoms with Gasteiger partial charge in [-0.05, 0) is 49.8 Å². The molecule has 69 heavy (non-hydrogen) atoms. The number of allylic oxidation sites excluding steroid dienone is 1. The molecule has 0 saturated carbocycles. The lowest BCUT2D eigenvalue weighted by Crippen LogP contribution is -2.48. The van der Waals surface area contributed by atoms with E-state index in [2.05, 4.69) is 57.1 Å². The van der Waals surface area contributed by atoms with Gasteiger partial charge in [0.25, 0.3) is 0 Å². The fourth-order valence-corrected chi connectivity index (χ4v) is 4.89. The maximum absolute atomic E-state index is 12.6. The number of carboxylic acid groups (broad SMARTS) is 1. The number of hydrogen-bond donors (Lipinski definition) is 8. The molecule has 5 unspecified atom stereocenters. The van der Waals surface area contributed by atoms with Crippen molar-refractivity contribution in [1.82, 2.24) is 15.5 Å². The van der Waals surface area contributed by atoms with Crippen LogP contribution in [-0.4, -0.2) is 114 Å². The Kier molecular flexibility index (Phi) is 53.0. The van der Waals surface area contributed by atoms with Crippen molar-refractivity contribution in [3.8, 4) is 5.75 Å². The largest absolute Gasteiger partial charge is 0.479 e. The Hall–Kier alpha value is -4.78. The highest BCUT2D eigenvalue weighted by Gasteiger charge is 2.34. The number of aliphatic hydroxyl groups excluding tert-OH is 2. The number of carbonyl (C=O) groups excluding carboxylic acids is 5. The summed E-state index contributed by atoms with van der Waals surface area (Å²) in [5.41, 5.74) is 10.6. The number of ether oxygens (including phenoxy) is 3. The number of likely N-dealkylation sites (N-methyl/N-ethyl adjacent to an activating group) is 1. The number of benzene rings is 1. The van der Waals surface area contributed by atoms with E-state index < -0.39 is 59.7 Å². The summed E-state index contributed by atoms with van der Waals surface area (Å²) < 4.78 is 16.5. The highest BCUT2D eigenvalue weighted by molar-refractivity contribution is 5.93. The van der Waals surface area contributed by atoms with E-state index in [1.54, 1.807) is 33.8 Å². The minimum atomic E-state index is -1.27. The van der Waals surface area contributed by atoms with Gasteiger partial charge in [-0.2, -0.15) is 0 Å². The van der Waals surface area contributed by atoms with Crippen molar-refractivity contribution < 1.29 is 58.3 Å². The Labute approximate surface area is 417 Å². The predicted molar refractivity (Wildman–Crippen MR) is 279 cm³/mol. The average molecular weight is 989 g/mol. The minimum Gasteiger partial charge on any atom is -0.479 e. The lowest BCUT2D eigenvalue weighted by atomic mass is 9.94. The van der Waals surface area contributed by atoms with E-state index in [0.29, 0.717) is 18.0 Å². The smallest absolute Gasteiger partial charge is 0.410 e. The van der Waals surface area contributed by atoms with Crippen LogP contribution in [0.2, 0.25) is 0 Å². The molecule has 10 N–H and O–H groups in total. The van der Waals surface area contributed by atoms with Crippen LogP contribution in [0.1, 0.15) is 168 Å². The van der Waals surface area contributed by atoms with Gasteiger partial charge in [0.15, 0.2) is 6.10 Å². The molecule has 1 aromatic carbocycles. The van der Waals surface area contributed by atoms with Crippen LogP contribution >= 0.6 is 0 Å². The number of rotatable bonds is 20. The summed E-state index contributed by atoms with van der Waals surface area (Å²) in [6.07, 6.45) is 2.13. The number of anilines is 1. The molecule has 406 valence electrons. The molecule has 18 heteroatoms. The third-order valence-corrected chi connectivity index (χ3v) is 8.84. The molecule has 1 aromatic rings. The Morgan fingerprint density at radius 1 is 0.928 bits per heavy atom. The highest BCUT2D eigenvalue weighted by atomic mass is 16.7. The summed E-state index contributed by atoms with van der Waals surface area (Å²) in [6, 6.07) is 3.60. The van der Waals surface area contributed by atoms with Crippen LogP contribution in [0.15, 0.2) is 30.9 Å². The molecule has 1 aliphatic rings. The Balaban J connectivity index is -0.000000280. The number of hydrogen-bond acceptors (Lipinski definition) is 12. The van der Waals surface area contributed by atoms with Crippen LogP contribution in [0.5, 0.6) is 5.75 Å². The molecular formula is C51H100N6O12. The lowest BCUT2D eigenvalue weighted by Gasteiger charge is -2.31. The number of nitrogens with zero attached hydrogens (tertiary/aromatic N) is 1. The molecule has 0 radical (unpaired) electrons. The van der Waals surface area contributed by atoms with E-state index in [9.17, 15) is 39.0 Å². The molecule has 1 heterocycles. The fourth-order valence-electron chi connectivity index (χ4n) is 4.89. The number of carbonyl (C=O) groups is 6. The third-order valence-electron chi connectivity index (χ3n) is 8.84. The monoisotopic (exact) mass is 989 g/mol.